The van der Waals surface area contributed by atoms with E-state index >= 15 is 0 Å². The molecule has 2 aromatic rings. The summed E-state index contributed by atoms with van der Waals surface area (Å²) in [5.74, 6) is -0.0944. The topological polar surface area (TPSA) is 0 Å². The molecule has 0 saturated carbocycles. The number of hydrogen-bond acceptors (Lipinski definition) is 1. The molecule has 2 heteroatoms. The third-order valence-electron chi connectivity index (χ3n) is 1.97. The van der Waals surface area contributed by atoms with Gasteiger partial charge in [-0.15, -0.1) is 11.3 Å². The molecule has 1 heterocycles. The van der Waals surface area contributed by atoms with Crippen molar-refractivity contribution in [3.05, 3.63) is 34.5 Å². The molecule has 0 aliphatic rings. The average Bonchev–Trinajstić information content (AvgIpc) is 2.33. The number of fused-ring (bicyclic) bond motifs is 1. The molecule has 0 nitrogen and oxygen atoms in total. The predicted octanol–water partition coefficient (Wildman–Crippen LogP) is 3.66. The Bertz CT molecular complexity index is 429. The molecular formula is C10H9FS. The van der Waals surface area contributed by atoms with Crippen LogP contribution < -0.4 is 0 Å². The van der Waals surface area contributed by atoms with Crippen LogP contribution in [0.1, 0.15) is 11.1 Å². The van der Waals surface area contributed by atoms with Gasteiger partial charge in [-0.1, -0.05) is 6.07 Å². The minimum Gasteiger partial charge on any atom is -0.205 e. The molecule has 0 amide bonds. The molecule has 0 spiro atoms. The second-order valence-corrected chi connectivity index (χ2v) is 3.92. The maximum absolute atomic E-state index is 13.3. The van der Waals surface area contributed by atoms with Crippen LogP contribution in [-0.4, -0.2) is 0 Å². The molecule has 0 saturated heterocycles. The van der Waals surface area contributed by atoms with Gasteiger partial charge in [0.1, 0.15) is 5.82 Å². The molecule has 0 atom stereocenters. The monoisotopic (exact) mass is 180 g/mol. The van der Waals surface area contributed by atoms with E-state index in [-0.39, 0.29) is 5.82 Å². The van der Waals surface area contributed by atoms with Crippen molar-refractivity contribution in [3.8, 4) is 0 Å². The minimum atomic E-state index is -0.0944. The van der Waals surface area contributed by atoms with E-state index in [0.29, 0.717) is 0 Å². The maximum atomic E-state index is 13.3. The van der Waals surface area contributed by atoms with E-state index in [0.717, 1.165) is 21.2 Å². The van der Waals surface area contributed by atoms with Gasteiger partial charge in [-0.25, -0.2) is 4.39 Å². The van der Waals surface area contributed by atoms with E-state index < -0.39 is 0 Å². The van der Waals surface area contributed by atoms with Crippen LogP contribution >= 0.6 is 11.3 Å². The molecule has 0 fully saturated rings. The maximum Gasteiger partial charge on any atom is 0.141 e. The summed E-state index contributed by atoms with van der Waals surface area (Å²) < 4.78 is 14.0. The summed E-state index contributed by atoms with van der Waals surface area (Å²) in [6, 6.07) is 3.61. The summed E-state index contributed by atoms with van der Waals surface area (Å²) in [7, 11) is 0. The van der Waals surface area contributed by atoms with Gasteiger partial charge in [-0.05, 0) is 41.8 Å². The fraction of sp³-hybridized carbons (Fsp3) is 0.200. The summed E-state index contributed by atoms with van der Waals surface area (Å²) in [6.07, 6.45) is 0. The quantitative estimate of drug-likeness (QED) is 0.580. The highest BCUT2D eigenvalue weighted by atomic mass is 32.1. The highest BCUT2D eigenvalue weighted by molar-refractivity contribution is 7.17. The standard InChI is InChI=1S/C10H9FS/c1-6-3-8-7(2)5-12-10(8)9(11)4-6/h3-5H,1-2H3. The number of halogens is 1. The van der Waals surface area contributed by atoms with Crippen molar-refractivity contribution >= 4 is 21.4 Å². The van der Waals surface area contributed by atoms with Gasteiger partial charge in [0.05, 0.1) is 4.70 Å². The summed E-state index contributed by atoms with van der Waals surface area (Å²) in [5, 5.41) is 3.05. The normalized spacial score (nSPS) is 10.9. The summed E-state index contributed by atoms with van der Waals surface area (Å²) in [6.45, 7) is 3.93. The molecule has 0 aliphatic carbocycles. The summed E-state index contributed by atoms with van der Waals surface area (Å²) >= 11 is 1.47. The first-order chi connectivity index (χ1) is 5.68. The Balaban J connectivity index is 2.92. The lowest BCUT2D eigenvalue weighted by Crippen LogP contribution is -1.78. The molecule has 2 rings (SSSR count). The first-order valence-electron chi connectivity index (χ1n) is 3.82. The lowest BCUT2D eigenvalue weighted by Gasteiger charge is -1.96. The van der Waals surface area contributed by atoms with Gasteiger partial charge in [-0.3, -0.25) is 0 Å². The van der Waals surface area contributed by atoms with Gasteiger partial charge in [0, 0.05) is 0 Å². The van der Waals surface area contributed by atoms with Crippen LogP contribution in [0.4, 0.5) is 4.39 Å². The highest BCUT2D eigenvalue weighted by Crippen LogP contribution is 2.28. The zero-order valence-electron chi connectivity index (χ0n) is 7.02. The van der Waals surface area contributed by atoms with Gasteiger partial charge < -0.3 is 0 Å². The van der Waals surface area contributed by atoms with Crippen LogP contribution in [0.25, 0.3) is 10.1 Å². The van der Waals surface area contributed by atoms with Gasteiger partial charge in [0.15, 0.2) is 0 Å². The largest absolute Gasteiger partial charge is 0.205 e. The van der Waals surface area contributed by atoms with Crippen LogP contribution in [0, 0.1) is 19.7 Å². The Kier molecular flexibility index (Phi) is 1.65. The van der Waals surface area contributed by atoms with Crippen molar-refractivity contribution in [1.82, 2.24) is 0 Å². The van der Waals surface area contributed by atoms with E-state index in [2.05, 4.69) is 0 Å². The molecule has 0 bridgehead atoms. The third kappa shape index (κ3) is 1.03. The molecule has 62 valence electrons. The molecule has 0 N–H and O–H groups in total. The minimum absolute atomic E-state index is 0.0944. The van der Waals surface area contributed by atoms with E-state index in [1.807, 2.05) is 25.3 Å². The molecular weight excluding hydrogens is 171 g/mol. The van der Waals surface area contributed by atoms with Gasteiger partial charge in [0.25, 0.3) is 0 Å². The Morgan fingerprint density at radius 2 is 2.00 bits per heavy atom. The van der Waals surface area contributed by atoms with Gasteiger partial charge >= 0.3 is 0 Å². The number of aryl methyl sites for hydroxylation is 2. The number of benzene rings is 1. The zero-order valence-corrected chi connectivity index (χ0v) is 7.83. The van der Waals surface area contributed by atoms with Crippen LogP contribution in [0.2, 0.25) is 0 Å². The molecule has 0 radical (unpaired) electrons. The van der Waals surface area contributed by atoms with E-state index in [1.54, 1.807) is 6.07 Å². The van der Waals surface area contributed by atoms with Crippen LogP contribution in [-0.2, 0) is 0 Å². The zero-order chi connectivity index (χ0) is 8.72. The summed E-state index contributed by atoms with van der Waals surface area (Å²) in [5.41, 5.74) is 2.15. The third-order valence-corrected chi connectivity index (χ3v) is 3.09. The molecule has 1 aromatic heterocycles. The second kappa shape index (κ2) is 2.56. The fourth-order valence-electron chi connectivity index (χ4n) is 1.35. The van der Waals surface area contributed by atoms with Crippen LogP contribution in [0.3, 0.4) is 0 Å². The van der Waals surface area contributed by atoms with Crippen LogP contribution in [0.15, 0.2) is 17.5 Å². The van der Waals surface area contributed by atoms with Crippen molar-refractivity contribution in [2.24, 2.45) is 0 Å². The van der Waals surface area contributed by atoms with Crippen molar-refractivity contribution in [2.75, 3.05) is 0 Å². The number of rotatable bonds is 0. The average molecular weight is 180 g/mol. The smallest absolute Gasteiger partial charge is 0.141 e. The first-order valence-corrected chi connectivity index (χ1v) is 4.70. The van der Waals surface area contributed by atoms with Crippen molar-refractivity contribution in [3.63, 3.8) is 0 Å². The Labute approximate surface area is 74.6 Å². The molecule has 1 aromatic carbocycles. The molecule has 0 aliphatic heterocycles. The summed E-state index contributed by atoms with van der Waals surface area (Å²) in [4.78, 5) is 0. The lowest BCUT2D eigenvalue weighted by atomic mass is 10.1. The number of hydrogen-bond donors (Lipinski definition) is 0. The predicted molar refractivity (Wildman–Crippen MR) is 51.3 cm³/mol. The lowest BCUT2D eigenvalue weighted by molar-refractivity contribution is 0.640. The SMILES string of the molecule is Cc1cc(F)c2scc(C)c2c1. The van der Waals surface area contributed by atoms with Crippen molar-refractivity contribution in [2.45, 2.75) is 13.8 Å². The van der Waals surface area contributed by atoms with Crippen molar-refractivity contribution < 1.29 is 4.39 Å². The Morgan fingerprint density at radius 1 is 1.25 bits per heavy atom. The Morgan fingerprint density at radius 3 is 2.75 bits per heavy atom. The number of thiophene rings is 1. The Hall–Kier alpha value is -0.890. The second-order valence-electron chi connectivity index (χ2n) is 3.04. The van der Waals surface area contributed by atoms with E-state index in [4.69, 9.17) is 0 Å². The highest BCUT2D eigenvalue weighted by Gasteiger charge is 2.05. The fourth-order valence-corrected chi connectivity index (χ4v) is 2.29. The van der Waals surface area contributed by atoms with Gasteiger partial charge in [0.2, 0.25) is 0 Å². The first kappa shape index (κ1) is 7.74. The van der Waals surface area contributed by atoms with Crippen molar-refractivity contribution in [1.29, 1.82) is 0 Å². The van der Waals surface area contributed by atoms with Gasteiger partial charge in [-0.2, -0.15) is 0 Å². The van der Waals surface area contributed by atoms with Crippen LogP contribution in [0.5, 0.6) is 0 Å². The van der Waals surface area contributed by atoms with E-state index in [1.165, 1.54) is 11.3 Å². The molecule has 0 unspecified atom stereocenters. The molecule has 12 heavy (non-hydrogen) atoms. The van der Waals surface area contributed by atoms with E-state index in [9.17, 15) is 4.39 Å².